The zero-order chi connectivity index (χ0) is 13.4. The zero-order valence-electron chi connectivity index (χ0n) is 9.69. The second-order valence-corrected chi connectivity index (χ2v) is 6.16. The van der Waals surface area contributed by atoms with Gasteiger partial charge in [0, 0.05) is 10.4 Å². The average Bonchev–Trinajstić information content (AvgIpc) is 3.10. The Hall–Kier alpha value is -1.34. The number of aromatic nitrogens is 2. The van der Waals surface area contributed by atoms with Gasteiger partial charge in [0.25, 0.3) is 5.91 Å². The molecule has 1 heterocycles. The van der Waals surface area contributed by atoms with Gasteiger partial charge in [-0.15, -0.1) is 10.2 Å². The van der Waals surface area contributed by atoms with Gasteiger partial charge < -0.3 is 0 Å². The van der Waals surface area contributed by atoms with E-state index in [-0.39, 0.29) is 5.91 Å². The number of carbonyl (C=O) groups is 1. The summed E-state index contributed by atoms with van der Waals surface area (Å²) in [6.45, 7) is 0. The van der Waals surface area contributed by atoms with Crippen LogP contribution in [-0.4, -0.2) is 16.1 Å². The Labute approximate surface area is 121 Å². The molecule has 0 bridgehead atoms. The number of anilines is 1. The molecule has 1 aliphatic carbocycles. The fourth-order valence-electron chi connectivity index (χ4n) is 1.62. The van der Waals surface area contributed by atoms with Gasteiger partial charge in [0.1, 0.15) is 10.8 Å². The van der Waals surface area contributed by atoms with Crippen molar-refractivity contribution in [3.8, 4) is 0 Å². The molecule has 1 aromatic carbocycles. The van der Waals surface area contributed by atoms with Gasteiger partial charge in [-0.1, -0.05) is 11.3 Å². The van der Waals surface area contributed by atoms with E-state index in [9.17, 15) is 9.18 Å². The number of carbonyl (C=O) groups excluding carboxylic acids is 1. The molecule has 0 spiro atoms. The minimum atomic E-state index is -0.393. The standard InChI is InChI=1S/C12H9BrFN3OS/c13-9-5-7(14)3-4-8(9)10(18)15-12-17-16-11(19-12)6-1-2-6/h3-6H,1-2H2,(H,15,17,18). The van der Waals surface area contributed by atoms with Crippen LogP contribution in [0.3, 0.4) is 0 Å². The van der Waals surface area contributed by atoms with Crippen LogP contribution in [0.25, 0.3) is 0 Å². The lowest BCUT2D eigenvalue weighted by atomic mass is 10.2. The van der Waals surface area contributed by atoms with Crippen molar-refractivity contribution < 1.29 is 9.18 Å². The van der Waals surface area contributed by atoms with E-state index >= 15 is 0 Å². The molecular weight excluding hydrogens is 333 g/mol. The predicted octanol–water partition coefficient (Wildman–Crippen LogP) is 3.57. The number of benzene rings is 1. The van der Waals surface area contributed by atoms with E-state index in [4.69, 9.17) is 0 Å². The highest BCUT2D eigenvalue weighted by molar-refractivity contribution is 9.10. The third-order valence-electron chi connectivity index (χ3n) is 2.76. The molecule has 0 aliphatic heterocycles. The van der Waals surface area contributed by atoms with Crippen molar-refractivity contribution in [2.45, 2.75) is 18.8 Å². The molecule has 7 heteroatoms. The molecule has 3 rings (SSSR count). The molecule has 1 N–H and O–H groups in total. The van der Waals surface area contributed by atoms with E-state index in [2.05, 4.69) is 31.4 Å². The van der Waals surface area contributed by atoms with Gasteiger partial charge in [0.15, 0.2) is 0 Å². The van der Waals surface area contributed by atoms with Gasteiger partial charge in [-0.05, 0) is 47.0 Å². The van der Waals surface area contributed by atoms with Crippen molar-refractivity contribution >= 4 is 38.3 Å². The number of rotatable bonds is 3. The number of nitrogens with one attached hydrogen (secondary N) is 1. The van der Waals surface area contributed by atoms with Gasteiger partial charge in [-0.2, -0.15) is 0 Å². The number of nitrogens with zero attached hydrogens (tertiary/aromatic N) is 2. The Morgan fingerprint density at radius 3 is 2.89 bits per heavy atom. The van der Waals surface area contributed by atoms with Crippen molar-refractivity contribution in [3.05, 3.63) is 39.1 Å². The minimum Gasteiger partial charge on any atom is -0.296 e. The second kappa shape index (κ2) is 4.97. The molecular formula is C12H9BrFN3OS. The highest BCUT2D eigenvalue weighted by atomic mass is 79.9. The van der Waals surface area contributed by atoms with Gasteiger partial charge in [-0.3, -0.25) is 10.1 Å². The third-order valence-corrected chi connectivity index (χ3v) is 4.42. The first kappa shape index (κ1) is 12.7. The minimum absolute atomic E-state index is 0.328. The van der Waals surface area contributed by atoms with Crippen molar-refractivity contribution in [2.24, 2.45) is 0 Å². The number of hydrogen-bond donors (Lipinski definition) is 1. The van der Waals surface area contributed by atoms with Crippen LogP contribution in [0.15, 0.2) is 22.7 Å². The Bertz CT molecular complexity index is 642. The summed E-state index contributed by atoms with van der Waals surface area (Å²) in [5.74, 6) is -0.207. The summed E-state index contributed by atoms with van der Waals surface area (Å²) >= 11 is 4.56. The van der Waals surface area contributed by atoms with Crippen LogP contribution in [0.1, 0.15) is 34.1 Å². The predicted molar refractivity (Wildman–Crippen MR) is 73.9 cm³/mol. The molecule has 4 nitrogen and oxygen atoms in total. The molecule has 98 valence electrons. The van der Waals surface area contributed by atoms with Crippen LogP contribution >= 0.6 is 27.3 Å². The molecule has 1 aromatic heterocycles. The van der Waals surface area contributed by atoms with Crippen molar-refractivity contribution in [2.75, 3.05) is 5.32 Å². The zero-order valence-corrected chi connectivity index (χ0v) is 12.1. The summed E-state index contributed by atoms with van der Waals surface area (Å²) in [6.07, 6.45) is 2.29. The maximum atomic E-state index is 13.0. The van der Waals surface area contributed by atoms with Crippen LogP contribution in [0.5, 0.6) is 0 Å². The third kappa shape index (κ3) is 2.82. The number of amides is 1. The molecule has 1 aliphatic rings. The molecule has 1 amide bonds. The maximum absolute atomic E-state index is 13.0. The van der Waals surface area contributed by atoms with Crippen molar-refractivity contribution in [1.29, 1.82) is 0 Å². The SMILES string of the molecule is O=C(Nc1nnc(C2CC2)s1)c1ccc(F)cc1Br. The van der Waals surface area contributed by atoms with E-state index in [1.807, 2.05) is 0 Å². The first-order valence-electron chi connectivity index (χ1n) is 5.73. The van der Waals surface area contributed by atoms with Crippen LogP contribution in [0, 0.1) is 5.82 Å². The second-order valence-electron chi connectivity index (χ2n) is 4.30. The van der Waals surface area contributed by atoms with E-state index in [1.54, 1.807) is 0 Å². The normalized spacial score (nSPS) is 14.4. The molecule has 1 saturated carbocycles. The Kier molecular flexibility index (Phi) is 3.32. The molecule has 19 heavy (non-hydrogen) atoms. The molecule has 2 aromatic rings. The van der Waals surface area contributed by atoms with Crippen LogP contribution in [-0.2, 0) is 0 Å². The summed E-state index contributed by atoms with van der Waals surface area (Å²) in [5, 5.41) is 12.1. The largest absolute Gasteiger partial charge is 0.296 e. The van der Waals surface area contributed by atoms with Crippen LogP contribution in [0.2, 0.25) is 0 Å². The molecule has 1 fully saturated rings. The average molecular weight is 342 g/mol. The van der Waals surface area contributed by atoms with Crippen molar-refractivity contribution in [1.82, 2.24) is 10.2 Å². The summed E-state index contributed by atoms with van der Waals surface area (Å²) in [4.78, 5) is 12.0. The molecule has 0 unspecified atom stereocenters. The lowest BCUT2D eigenvalue weighted by Crippen LogP contribution is -2.12. The Balaban J connectivity index is 1.76. The molecule has 0 saturated heterocycles. The fourth-order valence-corrected chi connectivity index (χ4v) is 3.06. The Morgan fingerprint density at radius 2 is 2.21 bits per heavy atom. The maximum Gasteiger partial charge on any atom is 0.258 e. The quantitative estimate of drug-likeness (QED) is 0.928. The lowest BCUT2D eigenvalue weighted by molar-refractivity contribution is 0.102. The summed E-state index contributed by atoms with van der Waals surface area (Å²) < 4.78 is 13.4. The first-order valence-corrected chi connectivity index (χ1v) is 7.34. The Morgan fingerprint density at radius 1 is 1.42 bits per heavy atom. The van der Waals surface area contributed by atoms with Gasteiger partial charge in [-0.25, -0.2) is 4.39 Å². The topological polar surface area (TPSA) is 54.9 Å². The highest BCUT2D eigenvalue weighted by Gasteiger charge is 2.27. The number of halogens is 2. The van der Waals surface area contributed by atoms with E-state index in [0.717, 1.165) is 17.8 Å². The number of hydrogen-bond acceptors (Lipinski definition) is 4. The lowest BCUT2D eigenvalue weighted by Gasteiger charge is -2.03. The summed E-state index contributed by atoms with van der Waals surface area (Å²) in [6, 6.07) is 3.93. The smallest absolute Gasteiger partial charge is 0.258 e. The van der Waals surface area contributed by atoms with Crippen LogP contribution < -0.4 is 5.32 Å². The van der Waals surface area contributed by atoms with E-state index < -0.39 is 5.82 Å². The molecule has 0 radical (unpaired) electrons. The van der Waals surface area contributed by atoms with Gasteiger partial charge in [0.2, 0.25) is 5.13 Å². The summed E-state index contributed by atoms with van der Waals surface area (Å²) in [5.41, 5.74) is 0.365. The highest BCUT2D eigenvalue weighted by Crippen LogP contribution is 2.42. The monoisotopic (exact) mass is 341 g/mol. The van der Waals surface area contributed by atoms with Gasteiger partial charge in [0.05, 0.1) is 5.56 Å². The first-order chi connectivity index (χ1) is 9.13. The van der Waals surface area contributed by atoms with E-state index in [1.165, 1.54) is 29.5 Å². The van der Waals surface area contributed by atoms with E-state index in [0.29, 0.717) is 21.1 Å². The fraction of sp³-hybridized carbons (Fsp3) is 0.250. The summed E-state index contributed by atoms with van der Waals surface area (Å²) in [7, 11) is 0. The van der Waals surface area contributed by atoms with Crippen LogP contribution in [0.4, 0.5) is 9.52 Å². The molecule has 0 atom stereocenters. The van der Waals surface area contributed by atoms with Crippen molar-refractivity contribution in [3.63, 3.8) is 0 Å². The van der Waals surface area contributed by atoms with Gasteiger partial charge >= 0.3 is 0 Å².